The van der Waals surface area contributed by atoms with Crippen molar-refractivity contribution in [3.63, 3.8) is 0 Å². The molecule has 25 heavy (non-hydrogen) atoms. The first-order chi connectivity index (χ1) is 11.6. The molecule has 0 unspecified atom stereocenters. The van der Waals surface area contributed by atoms with Crippen LogP contribution in [0.2, 0.25) is 0 Å². The highest BCUT2D eigenvalue weighted by atomic mass is 35.5. The number of carbonyl (C=O) groups is 1. The van der Waals surface area contributed by atoms with Crippen molar-refractivity contribution in [3.8, 4) is 0 Å². The largest absolute Gasteiger partial charge is 0.366 e. The lowest BCUT2D eigenvalue weighted by atomic mass is 10.1. The fourth-order valence-corrected chi connectivity index (χ4v) is 2.84. The topological polar surface area (TPSA) is 49.6 Å². The number of piperazine rings is 1. The average Bonchev–Trinajstić information content (AvgIpc) is 2.63. The maximum absolute atomic E-state index is 13.8. The number of nitrogens with zero attached hydrogens (tertiary/aromatic N) is 2. The van der Waals surface area contributed by atoms with E-state index in [9.17, 15) is 13.6 Å². The predicted molar refractivity (Wildman–Crippen MR) is 96.1 cm³/mol. The molecule has 2 N–H and O–H groups in total. The van der Waals surface area contributed by atoms with Crippen molar-refractivity contribution >= 4 is 24.0 Å². The van der Waals surface area contributed by atoms with E-state index in [1.807, 2.05) is 12.1 Å². The van der Waals surface area contributed by atoms with Crippen molar-refractivity contribution < 1.29 is 13.6 Å². The van der Waals surface area contributed by atoms with E-state index in [1.54, 1.807) is 21.9 Å². The Kier molecular flexibility index (Phi) is 6.33. The Hall–Kier alpha value is -2.18. The molecule has 0 aliphatic carbocycles. The van der Waals surface area contributed by atoms with E-state index in [1.165, 1.54) is 6.07 Å². The van der Waals surface area contributed by atoms with E-state index in [0.29, 0.717) is 38.3 Å². The van der Waals surface area contributed by atoms with E-state index >= 15 is 0 Å². The van der Waals surface area contributed by atoms with Gasteiger partial charge in [0, 0.05) is 44.4 Å². The quantitative estimate of drug-likeness (QED) is 0.907. The lowest BCUT2D eigenvalue weighted by molar-refractivity contribution is 0.0746. The Morgan fingerprint density at radius 2 is 1.64 bits per heavy atom. The van der Waals surface area contributed by atoms with Crippen LogP contribution in [0.15, 0.2) is 42.5 Å². The van der Waals surface area contributed by atoms with Crippen LogP contribution in [-0.4, -0.2) is 37.0 Å². The number of nitrogens with two attached hydrogens (primary N) is 1. The van der Waals surface area contributed by atoms with Gasteiger partial charge in [0.25, 0.3) is 5.91 Å². The number of hydrogen-bond acceptors (Lipinski definition) is 3. The second-order valence-corrected chi connectivity index (χ2v) is 5.78. The van der Waals surface area contributed by atoms with E-state index in [4.69, 9.17) is 5.73 Å². The Morgan fingerprint density at radius 3 is 2.24 bits per heavy atom. The van der Waals surface area contributed by atoms with Crippen LogP contribution < -0.4 is 10.6 Å². The zero-order valence-electron chi connectivity index (χ0n) is 13.6. The molecule has 3 rings (SSSR count). The second kappa shape index (κ2) is 8.27. The van der Waals surface area contributed by atoms with E-state index in [0.717, 1.165) is 17.7 Å². The van der Waals surface area contributed by atoms with Crippen molar-refractivity contribution in [2.24, 2.45) is 5.73 Å². The molecule has 0 aromatic heterocycles. The van der Waals surface area contributed by atoms with Crippen LogP contribution in [0, 0.1) is 11.6 Å². The SMILES string of the molecule is Cl.NCc1ccc(C(=O)N2CCN(c3cc(F)ccc3F)CC2)cc1. The van der Waals surface area contributed by atoms with Crippen molar-refractivity contribution in [3.05, 3.63) is 65.2 Å². The molecule has 7 heteroatoms. The lowest BCUT2D eigenvalue weighted by Crippen LogP contribution is -2.49. The Bertz CT molecular complexity index is 732. The number of amides is 1. The maximum atomic E-state index is 13.8. The fourth-order valence-electron chi connectivity index (χ4n) is 2.84. The van der Waals surface area contributed by atoms with Crippen LogP contribution in [0.3, 0.4) is 0 Å². The molecule has 0 spiro atoms. The standard InChI is InChI=1S/C18H19F2N3O.ClH/c19-15-5-6-16(20)17(11-15)22-7-9-23(10-8-22)18(24)14-3-1-13(12-21)2-4-14;/h1-6,11H,7-10,12,21H2;1H. The molecule has 0 bridgehead atoms. The number of carbonyl (C=O) groups excluding carboxylic acids is 1. The third kappa shape index (κ3) is 4.27. The molecule has 1 aliphatic rings. The monoisotopic (exact) mass is 367 g/mol. The number of anilines is 1. The van der Waals surface area contributed by atoms with Gasteiger partial charge in [-0.25, -0.2) is 8.78 Å². The summed E-state index contributed by atoms with van der Waals surface area (Å²) in [7, 11) is 0. The van der Waals surface area contributed by atoms with Gasteiger partial charge in [-0.15, -0.1) is 12.4 Å². The van der Waals surface area contributed by atoms with Crippen molar-refractivity contribution in [1.82, 2.24) is 4.90 Å². The van der Waals surface area contributed by atoms with Gasteiger partial charge in [-0.2, -0.15) is 0 Å². The summed E-state index contributed by atoms with van der Waals surface area (Å²) in [6, 6.07) is 10.6. The average molecular weight is 368 g/mol. The summed E-state index contributed by atoms with van der Waals surface area (Å²) in [5, 5.41) is 0. The van der Waals surface area contributed by atoms with E-state index < -0.39 is 11.6 Å². The molecule has 0 radical (unpaired) electrons. The summed E-state index contributed by atoms with van der Waals surface area (Å²) in [6.45, 7) is 2.30. The molecule has 2 aromatic carbocycles. The molecule has 1 amide bonds. The normalized spacial score (nSPS) is 14.2. The number of halogens is 3. The van der Waals surface area contributed by atoms with Gasteiger partial charge >= 0.3 is 0 Å². The molecule has 0 saturated carbocycles. The zero-order valence-corrected chi connectivity index (χ0v) is 14.4. The third-order valence-corrected chi connectivity index (χ3v) is 4.25. The molecule has 0 atom stereocenters. The molecule has 1 fully saturated rings. The van der Waals surface area contributed by atoms with Crippen LogP contribution in [0.1, 0.15) is 15.9 Å². The number of benzene rings is 2. The van der Waals surface area contributed by atoms with Crippen LogP contribution >= 0.6 is 12.4 Å². The van der Waals surface area contributed by atoms with Crippen molar-refractivity contribution in [2.75, 3.05) is 31.1 Å². The summed E-state index contributed by atoms with van der Waals surface area (Å²) >= 11 is 0. The van der Waals surface area contributed by atoms with Crippen molar-refractivity contribution in [1.29, 1.82) is 0 Å². The first-order valence-corrected chi connectivity index (χ1v) is 7.87. The predicted octanol–water partition coefficient (Wildman–Crippen LogP) is 2.81. The van der Waals surface area contributed by atoms with Gasteiger partial charge in [0.2, 0.25) is 0 Å². The highest BCUT2D eigenvalue weighted by Crippen LogP contribution is 2.22. The van der Waals surface area contributed by atoms with Crippen LogP contribution in [0.4, 0.5) is 14.5 Å². The first-order valence-electron chi connectivity index (χ1n) is 7.87. The maximum Gasteiger partial charge on any atom is 0.253 e. The smallest absolute Gasteiger partial charge is 0.253 e. The van der Waals surface area contributed by atoms with Crippen LogP contribution in [0.5, 0.6) is 0 Å². The van der Waals surface area contributed by atoms with Gasteiger partial charge in [-0.3, -0.25) is 4.79 Å². The van der Waals surface area contributed by atoms with Gasteiger partial charge in [0.05, 0.1) is 5.69 Å². The molecule has 1 heterocycles. The van der Waals surface area contributed by atoms with Gasteiger partial charge in [0.1, 0.15) is 11.6 Å². The summed E-state index contributed by atoms with van der Waals surface area (Å²) in [6.07, 6.45) is 0. The Labute approximate surface area is 151 Å². The molecule has 2 aromatic rings. The minimum Gasteiger partial charge on any atom is -0.366 e. The molecular weight excluding hydrogens is 348 g/mol. The summed E-state index contributed by atoms with van der Waals surface area (Å²) < 4.78 is 27.2. The van der Waals surface area contributed by atoms with Gasteiger partial charge in [-0.1, -0.05) is 12.1 Å². The second-order valence-electron chi connectivity index (χ2n) is 5.78. The first kappa shape index (κ1) is 19.1. The fraction of sp³-hybridized carbons (Fsp3) is 0.278. The summed E-state index contributed by atoms with van der Waals surface area (Å²) in [5.41, 5.74) is 7.38. The van der Waals surface area contributed by atoms with Gasteiger partial charge in [0.15, 0.2) is 0 Å². The summed E-state index contributed by atoms with van der Waals surface area (Å²) in [4.78, 5) is 16.0. The van der Waals surface area contributed by atoms with Crippen LogP contribution in [-0.2, 0) is 6.54 Å². The minimum atomic E-state index is -0.468. The van der Waals surface area contributed by atoms with E-state index in [2.05, 4.69) is 0 Å². The Morgan fingerprint density at radius 1 is 1.00 bits per heavy atom. The van der Waals surface area contributed by atoms with E-state index in [-0.39, 0.29) is 24.0 Å². The number of hydrogen-bond donors (Lipinski definition) is 1. The Balaban J connectivity index is 0.00000225. The molecule has 1 aliphatic heterocycles. The molecule has 134 valence electrons. The third-order valence-electron chi connectivity index (χ3n) is 4.25. The minimum absolute atomic E-state index is 0. The number of rotatable bonds is 3. The summed E-state index contributed by atoms with van der Waals surface area (Å²) in [5.74, 6) is -0.976. The lowest BCUT2D eigenvalue weighted by Gasteiger charge is -2.36. The highest BCUT2D eigenvalue weighted by molar-refractivity contribution is 5.94. The van der Waals surface area contributed by atoms with Gasteiger partial charge in [-0.05, 0) is 29.8 Å². The zero-order chi connectivity index (χ0) is 17.1. The molecule has 4 nitrogen and oxygen atoms in total. The van der Waals surface area contributed by atoms with Crippen LogP contribution in [0.25, 0.3) is 0 Å². The highest BCUT2D eigenvalue weighted by Gasteiger charge is 2.23. The van der Waals surface area contributed by atoms with Gasteiger partial charge < -0.3 is 15.5 Å². The van der Waals surface area contributed by atoms with Crippen molar-refractivity contribution in [2.45, 2.75) is 6.54 Å². The molecular formula is C18H20ClF2N3O. The molecule has 1 saturated heterocycles.